The molecule has 0 aromatic heterocycles. The highest BCUT2D eigenvalue weighted by molar-refractivity contribution is 6.26. The number of imide groups is 1. The van der Waals surface area contributed by atoms with E-state index >= 15 is 0 Å². The zero-order valence-corrected chi connectivity index (χ0v) is 18.9. The summed E-state index contributed by atoms with van der Waals surface area (Å²) in [6.07, 6.45) is 0. The van der Waals surface area contributed by atoms with Gasteiger partial charge in [0, 0.05) is 5.92 Å². The molecule has 8 heteroatoms. The van der Waals surface area contributed by atoms with Crippen LogP contribution in [-0.2, 0) is 19.8 Å². The number of ketones is 1. The standard InChI is InChI=1S/C27H20N2O6/c1-14(30)27-18-9-5-3-7-16(18)22(17-8-4-6-10-19(17)27)23-24(27)26(32)28(25(23)31)20-12-11-15(35-2)13-21(20)29(33)34/h3-13,22-24H,1-2H3/t22?,23-,24-,27?/m1/s1. The number of benzene rings is 3. The second-order valence-electron chi connectivity index (χ2n) is 9.14. The monoisotopic (exact) mass is 468 g/mol. The molecule has 3 aromatic carbocycles. The number of nitro benzene ring substituents is 1. The summed E-state index contributed by atoms with van der Waals surface area (Å²) >= 11 is 0. The number of ether oxygens (including phenoxy) is 1. The van der Waals surface area contributed by atoms with Crippen molar-refractivity contribution in [3.05, 3.63) is 99.1 Å². The summed E-state index contributed by atoms with van der Waals surface area (Å²) in [6.45, 7) is 1.45. The normalized spacial score (nSPS) is 25.7. The van der Waals surface area contributed by atoms with E-state index in [1.165, 1.54) is 32.2 Å². The topological polar surface area (TPSA) is 107 Å². The van der Waals surface area contributed by atoms with Crippen molar-refractivity contribution in [2.45, 2.75) is 18.3 Å². The predicted octanol–water partition coefficient (Wildman–Crippen LogP) is 3.74. The van der Waals surface area contributed by atoms with Gasteiger partial charge in [-0.25, -0.2) is 4.90 Å². The van der Waals surface area contributed by atoms with Gasteiger partial charge in [-0.3, -0.25) is 24.5 Å². The Morgan fingerprint density at radius 3 is 2.11 bits per heavy atom. The number of hydrogen-bond donors (Lipinski definition) is 0. The van der Waals surface area contributed by atoms with Crippen molar-refractivity contribution in [2.75, 3.05) is 12.0 Å². The van der Waals surface area contributed by atoms with Crippen LogP contribution in [0.15, 0.2) is 66.7 Å². The van der Waals surface area contributed by atoms with Gasteiger partial charge < -0.3 is 4.74 Å². The third-order valence-electron chi connectivity index (χ3n) is 7.79. The van der Waals surface area contributed by atoms with Gasteiger partial charge in [0.15, 0.2) is 0 Å². The van der Waals surface area contributed by atoms with E-state index < -0.39 is 45.6 Å². The van der Waals surface area contributed by atoms with Gasteiger partial charge in [0.1, 0.15) is 17.2 Å². The molecule has 2 atom stereocenters. The average molecular weight is 468 g/mol. The Morgan fingerprint density at radius 1 is 0.971 bits per heavy atom. The van der Waals surface area contributed by atoms with Crippen LogP contribution in [-0.4, -0.2) is 29.6 Å². The van der Waals surface area contributed by atoms with Gasteiger partial charge in [0.2, 0.25) is 11.8 Å². The summed E-state index contributed by atoms with van der Waals surface area (Å²) in [4.78, 5) is 53.8. The maximum absolute atomic E-state index is 14.1. The highest BCUT2D eigenvalue weighted by atomic mass is 16.6. The lowest BCUT2D eigenvalue weighted by atomic mass is 9.46. The Hall–Kier alpha value is -4.33. The molecule has 174 valence electrons. The molecule has 0 saturated carbocycles. The first kappa shape index (κ1) is 21.2. The molecule has 3 aliphatic carbocycles. The van der Waals surface area contributed by atoms with Crippen LogP contribution in [0.1, 0.15) is 35.1 Å². The molecule has 1 saturated heterocycles. The SMILES string of the molecule is COc1ccc(N2C(=O)[C@@H]3C4c5ccccc5C(C(C)=O)(c5ccccc54)[C@H]3C2=O)c([N+](=O)[O-])c1. The number of anilines is 1. The molecule has 7 rings (SSSR count). The van der Waals surface area contributed by atoms with Crippen molar-refractivity contribution in [3.8, 4) is 5.75 Å². The largest absolute Gasteiger partial charge is 0.496 e. The Kier molecular flexibility index (Phi) is 4.30. The smallest absolute Gasteiger partial charge is 0.297 e. The summed E-state index contributed by atoms with van der Waals surface area (Å²) < 4.78 is 5.11. The van der Waals surface area contributed by atoms with Crippen LogP contribution in [0.3, 0.4) is 0 Å². The van der Waals surface area contributed by atoms with Gasteiger partial charge in [-0.2, -0.15) is 0 Å². The van der Waals surface area contributed by atoms with Crippen LogP contribution in [0.2, 0.25) is 0 Å². The lowest BCUT2D eigenvalue weighted by Crippen LogP contribution is -2.57. The van der Waals surface area contributed by atoms with Gasteiger partial charge in [-0.05, 0) is 41.3 Å². The molecule has 1 aliphatic heterocycles. The Morgan fingerprint density at radius 2 is 1.57 bits per heavy atom. The minimum absolute atomic E-state index is 0.119. The van der Waals surface area contributed by atoms with Crippen molar-refractivity contribution in [2.24, 2.45) is 11.8 Å². The molecular weight excluding hydrogens is 448 g/mol. The first-order valence-corrected chi connectivity index (χ1v) is 11.2. The number of carbonyl (C=O) groups is 3. The minimum atomic E-state index is -1.35. The third-order valence-corrected chi connectivity index (χ3v) is 7.79. The van der Waals surface area contributed by atoms with E-state index in [9.17, 15) is 24.5 Å². The molecule has 2 amide bonds. The summed E-state index contributed by atoms with van der Waals surface area (Å²) in [7, 11) is 1.38. The zero-order chi connectivity index (χ0) is 24.6. The molecule has 1 fully saturated rings. The molecule has 0 unspecified atom stereocenters. The fourth-order valence-electron chi connectivity index (χ4n) is 6.57. The maximum Gasteiger partial charge on any atom is 0.297 e. The molecular formula is C27H20N2O6. The molecule has 2 bridgehead atoms. The van der Waals surface area contributed by atoms with Crippen molar-refractivity contribution in [1.82, 2.24) is 0 Å². The second kappa shape index (κ2) is 7.09. The van der Waals surface area contributed by atoms with Crippen molar-refractivity contribution in [1.29, 1.82) is 0 Å². The van der Waals surface area contributed by atoms with Gasteiger partial charge >= 0.3 is 0 Å². The van der Waals surface area contributed by atoms with E-state index in [0.717, 1.165) is 27.2 Å². The van der Waals surface area contributed by atoms with Crippen LogP contribution in [0.5, 0.6) is 5.75 Å². The van der Waals surface area contributed by atoms with Crippen LogP contribution in [0.4, 0.5) is 11.4 Å². The third kappa shape index (κ3) is 2.43. The number of methoxy groups -OCH3 is 1. The van der Waals surface area contributed by atoms with E-state index in [1.807, 2.05) is 48.5 Å². The summed E-state index contributed by atoms with van der Waals surface area (Å²) in [5.74, 6) is -3.42. The van der Waals surface area contributed by atoms with Crippen molar-refractivity contribution < 1.29 is 24.0 Å². The van der Waals surface area contributed by atoms with Crippen LogP contribution in [0, 0.1) is 22.0 Å². The summed E-state index contributed by atoms with van der Waals surface area (Å²) in [5.41, 5.74) is 1.25. The fraction of sp³-hybridized carbons (Fsp3) is 0.222. The molecule has 8 nitrogen and oxygen atoms in total. The van der Waals surface area contributed by atoms with E-state index in [4.69, 9.17) is 4.74 Å². The molecule has 0 radical (unpaired) electrons. The fourth-order valence-corrected chi connectivity index (χ4v) is 6.57. The first-order valence-electron chi connectivity index (χ1n) is 11.2. The van der Waals surface area contributed by atoms with Crippen LogP contribution >= 0.6 is 0 Å². The Balaban J connectivity index is 1.64. The average Bonchev–Trinajstić information content (AvgIpc) is 3.14. The first-order chi connectivity index (χ1) is 16.8. The van der Waals surface area contributed by atoms with Crippen LogP contribution in [0.25, 0.3) is 0 Å². The maximum atomic E-state index is 14.1. The number of nitro groups is 1. The second-order valence-corrected chi connectivity index (χ2v) is 9.14. The van der Waals surface area contributed by atoms with E-state index in [0.29, 0.717) is 0 Å². The predicted molar refractivity (Wildman–Crippen MR) is 125 cm³/mol. The Bertz CT molecular complexity index is 1430. The van der Waals surface area contributed by atoms with Crippen LogP contribution < -0.4 is 9.64 Å². The van der Waals surface area contributed by atoms with E-state index in [1.54, 1.807) is 0 Å². The molecule has 0 N–H and O–H groups in total. The molecule has 4 aliphatic rings. The number of Topliss-reactive ketones (excluding diaryl/α,β-unsaturated/α-hetero) is 1. The summed E-state index contributed by atoms with van der Waals surface area (Å²) in [5, 5.41) is 11.9. The van der Waals surface area contributed by atoms with Crippen molar-refractivity contribution >= 4 is 29.0 Å². The number of amides is 2. The van der Waals surface area contributed by atoms with Gasteiger partial charge in [-0.15, -0.1) is 0 Å². The number of nitrogens with zero attached hydrogens (tertiary/aromatic N) is 2. The molecule has 3 aromatic rings. The highest BCUT2D eigenvalue weighted by Crippen LogP contribution is 2.64. The van der Waals surface area contributed by atoms with Gasteiger partial charge in [-0.1, -0.05) is 48.5 Å². The highest BCUT2D eigenvalue weighted by Gasteiger charge is 2.70. The quantitative estimate of drug-likeness (QED) is 0.328. The van der Waals surface area contributed by atoms with E-state index in [2.05, 4.69) is 0 Å². The lowest BCUT2D eigenvalue weighted by molar-refractivity contribution is -0.384. The zero-order valence-electron chi connectivity index (χ0n) is 18.9. The Labute approximate surface area is 200 Å². The molecule has 1 heterocycles. The molecule has 0 spiro atoms. The van der Waals surface area contributed by atoms with E-state index in [-0.39, 0.29) is 17.2 Å². The molecule has 35 heavy (non-hydrogen) atoms. The number of rotatable bonds is 4. The lowest BCUT2D eigenvalue weighted by Gasteiger charge is -2.52. The summed E-state index contributed by atoms with van der Waals surface area (Å²) in [6, 6.07) is 18.9. The van der Waals surface area contributed by atoms with Gasteiger partial charge in [0.25, 0.3) is 5.69 Å². The number of carbonyl (C=O) groups excluding carboxylic acids is 3. The number of hydrogen-bond acceptors (Lipinski definition) is 6. The van der Waals surface area contributed by atoms with Gasteiger partial charge in [0.05, 0.1) is 35.4 Å². The van der Waals surface area contributed by atoms with Crippen molar-refractivity contribution in [3.63, 3.8) is 0 Å². The minimum Gasteiger partial charge on any atom is -0.496 e.